The van der Waals surface area contributed by atoms with Gasteiger partial charge in [-0.15, -0.1) is 0 Å². The first-order valence-corrected chi connectivity index (χ1v) is 7.54. The van der Waals surface area contributed by atoms with Gasteiger partial charge >= 0.3 is 5.97 Å². The third-order valence-corrected chi connectivity index (χ3v) is 4.55. The molecule has 0 heterocycles. The Labute approximate surface area is 122 Å². The number of ether oxygens (including phenoxy) is 1. The van der Waals surface area contributed by atoms with E-state index in [0.29, 0.717) is 5.92 Å². The lowest BCUT2D eigenvalue weighted by molar-refractivity contribution is -0.147. The van der Waals surface area contributed by atoms with Crippen LogP contribution in [0.2, 0.25) is 0 Å². The minimum Gasteiger partial charge on any atom is -0.467 e. The minimum atomic E-state index is -0.565. The Balaban J connectivity index is 2.31. The van der Waals surface area contributed by atoms with Gasteiger partial charge in [-0.2, -0.15) is 0 Å². The molecule has 1 N–H and O–H groups in total. The van der Waals surface area contributed by atoms with Crippen LogP contribution in [0.1, 0.15) is 32.6 Å². The van der Waals surface area contributed by atoms with Crippen LogP contribution in [0.25, 0.3) is 0 Å². The highest BCUT2D eigenvalue weighted by molar-refractivity contribution is 9.10. The first kappa shape index (κ1) is 14.4. The first-order valence-electron chi connectivity index (χ1n) is 6.74. The molecule has 0 bridgehead atoms. The molecule has 0 aromatic heterocycles. The topological polar surface area (TPSA) is 38.3 Å². The fraction of sp³-hybridized carbons (Fsp3) is 0.533. The minimum absolute atomic E-state index is 0.142. The average Bonchev–Trinajstić information content (AvgIpc) is 2.81. The van der Waals surface area contributed by atoms with Crippen molar-refractivity contribution >= 4 is 27.6 Å². The summed E-state index contributed by atoms with van der Waals surface area (Å²) in [5, 5.41) is 3.44. The van der Waals surface area contributed by atoms with E-state index in [1.54, 1.807) is 0 Å². The van der Waals surface area contributed by atoms with Gasteiger partial charge in [0.15, 0.2) is 0 Å². The monoisotopic (exact) mass is 325 g/mol. The number of nitrogens with one attached hydrogen (secondary N) is 1. The highest BCUT2D eigenvalue weighted by Gasteiger charge is 2.49. The van der Waals surface area contributed by atoms with E-state index in [2.05, 4.69) is 28.2 Å². The number of benzene rings is 1. The maximum absolute atomic E-state index is 12.3. The maximum Gasteiger partial charge on any atom is 0.331 e. The van der Waals surface area contributed by atoms with Gasteiger partial charge in [0, 0.05) is 10.2 Å². The Morgan fingerprint density at radius 3 is 3.00 bits per heavy atom. The summed E-state index contributed by atoms with van der Waals surface area (Å²) < 4.78 is 6.06. The van der Waals surface area contributed by atoms with Gasteiger partial charge in [-0.05, 0) is 37.0 Å². The number of hydrogen-bond donors (Lipinski definition) is 1. The summed E-state index contributed by atoms with van der Waals surface area (Å²) in [5.41, 5.74) is 0.393. The number of esters is 1. The molecular formula is C15H20BrNO2. The molecule has 1 fully saturated rings. The third kappa shape index (κ3) is 2.78. The Hall–Kier alpha value is -1.03. The van der Waals surface area contributed by atoms with Crippen molar-refractivity contribution in [1.82, 2.24) is 0 Å². The molecule has 4 heteroatoms. The summed E-state index contributed by atoms with van der Waals surface area (Å²) in [5.74, 6) is 0.191. The number of methoxy groups -OCH3 is 1. The number of rotatable bonds is 4. The van der Waals surface area contributed by atoms with Gasteiger partial charge in [0.05, 0.1) is 7.11 Å². The van der Waals surface area contributed by atoms with Crippen LogP contribution in [0.5, 0.6) is 0 Å². The van der Waals surface area contributed by atoms with Crippen LogP contribution in [0.15, 0.2) is 28.7 Å². The third-order valence-electron chi connectivity index (χ3n) is 4.06. The second kappa shape index (κ2) is 5.95. The molecule has 2 rings (SSSR count). The van der Waals surface area contributed by atoms with Gasteiger partial charge in [0.25, 0.3) is 0 Å². The number of carbonyl (C=O) groups excluding carboxylic acids is 1. The summed E-state index contributed by atoms with van der Waals surface area (Å²) in [4.78, 5) is 12.3. The number of anilines is 1. The molecule has 19 heavy (non-hydrogen) atoms. The van der Waals surface area contributed by atoms with Crippen molar-refractivity contribution in [3.8, 4) is 0 Å². The predicted octanol–water partition coefficient (Wildman–Crippen LogP) is 3.98. The first-order chi connectivity index (χ1) is 9.12. The quantitative estimate of drug-likeness (QED) is 0.851. The van der Waals surface area contributed by atoms with Crippen LogP contribution in [0.3, 0.4) is 0 Å². The normalized spacial score (nSPS) is 26.2. The van der Waals surface area contributed by atoms with E-state index in [1.807, 2.05) is 24.3 Å². The molecule has 0 amide bonds. The van der Waals surface area contributed by atoms with Crippen molar-refractivity contribution in [1.29, 1.82) is 0 Å². The fourth-order valence-electron chi connectivity index (χ4n) is 3.12. The van der Waals surface area contributed by atoms with Crippen LogP contribution < -0.4 is 5.32 Å². The molecule has 1 aliphatic carbocycles. The molecule has 0 aliphatic heterocycles. The Bertz CT molecular complexity index is 463. The highest BCUT2D eigenvalue weighted by atomic mass is 79.9. The van der Waals surface area contributed by atoms with Gasteiger partial charge in [0.2, 0.25) is 0 Å². The zero-order chi connectivity index (χ0) is 13.9. The molecule has 2 unspecified atom stereocenters. The Morgan fingerprint density at radius 2 is 2.37 bits per heavy atom. The van der Waals surface area contributed by atoms with Crippen LogP contribution in [0, 0.1) is 5.92 Å². The van der Waals surface area contributed by atoms with Crippen LogP contribution in [0.4, 0.5) is 5.69 Å². The lowest BCUT2D eigenvalue weighted by atomic mass is 9.84. The molecule has 3 nitrogen and oxygen atoms in total. The van der Waals surface area contributed by atoms with Crippen molar-refractivity contribution in [3.63, 3.8) is 0 Å². The number of carbonyl (C=O) groups is 1. The lowest BCUT2D eigenvalue weighted by Gasteiger charge is -2.34. The van der Waals surface area contributed by atoms with Crippen LogP contribution in [-0.2, 0) is 9.53 Å². The van der Waals surface area contributed by atoms with Gasteiger partial charge in [-0.25, -0.2) is 4.79 Å². The van der Waals surface area contributed by atoms with E-state index in [1.165, 1.54) is 7.11 Å². The summed E-state index contributed by atoms with van der Waals surface area (Å²) in [6, 6.07) is 7.92. The van der Waals surface area contributed by atoms with E-state index < -0.39 is 5.54 Å². The standard InChI is InChI=1S/C15H20BrNO2/c1-3-11-6-5-9-15(11,14(18)19-2)17-13-8-4-7-12(16)10-13/h4,7-8,10-11,17H,3,5-6,9H2,1-2H3. The van der Waals surface area contributed by atoms with E-state index >= 15 is 0 Å². The number of hydrogen-bond acceptors (Lipinski definition) is 3. The van der Waals surface area contributed by atoms with Crippen molar-refractivity contribution in [2.24, 2.45) is 5.92 Å². The van der Waals surface area contributed by atoms with E-state index in [0.717, 1.165) is 35.8 Å². The molecule has 104 valence electrons. The lowest BCUT2D eigenvalue weighted by Crippen LogP contribution is -2.50. The highest BCUT2D eigenvalue weighted by Crippen LogP contribution is 2.41. The van der Waals surface area contributed by atoms with Gasteiger partial charge in [-0.3, -0.25) is 0 Å². The Kier molecular flexibility index (Phi) is 4.50. The fourth-order valence-corrected chi connectivity index (χ4v) is 3.52. The largest absolute Gasteiger partial charge is 0.467 e. The molecule has 1 aromatic carbocycles. The molecule has 2 atom stereocenters. The van der Waals surface area contributed by atoms with Crippen molar-refractivity contribution in [2.75, 3.05) is 12.4 Å². The van der Waals surface area contributed by atoms with Gasteiger partial charge in [-0.1, -0.05) is 41.8 Å². The van der Waals surface area contributed by atoms with E-state index in [-0.39, 0.29) is 5.97 Å². The SMILES string of the molecule is CCC1CCCC1(Nc1cccc(Br)c1)C(=O)OC. The Morgan fingerprint density at radius 1 is 1.58 bits per heavy atom. The summed E-state index contributed by atoms with van der Waals surface area (Å²) >= 11 is 3.46. The molecule has 0 radical (unpaired) electrons. The second-order valence-corrected chi connectivity index (χ2v) is 6.01. The number of halogens is 1. The summed E-state index contributed by atoms with van der Waals surface area (Å²) in [6.45, 7) is 2.14. The second-order valence-electron chi connectivity index (χ2n) is 5.10. The van der Waals surface area contributed by atoms with Crippen molar-refractivity contribution < 1.29 is 9.53 Å². The average molecular weight is 326 g/mol. The van der Waals surface area contributed by atoms with Crippen molar-refractivity contribution in [3.05, 3.63) is 28.7 Å². The van der Waals surface area contributed by atoms with Crippen LogP contribution >= 0.6 is 15.9 Å². The summed E-state index contributed by atoms with van der Waals surface area (Å²) in [6.07, 6.45) is 3.96. The molecule has 0 spiro atoms. The smallest absolute Gasteiger partial charge is 0.331 e. The molecule has 0 saturated heterocycles. The van der Waals surface area contributed by atoms with Crippen molar-refractivity contribution in [2.45, 2.75) is 38.1 Å². The van der Waals surface area contributed by atoms with Gasteiger partial charge < -0.3 is 10.1 Å². The summed E-state index contributed by atoms with van der Waals surface area (Å²) in [7, 11) is 1.47. The maximum atomic E-state index is 12.3. The van der Waals surface area contributed by atoms with Gasteiger partial charge in [0.1, 0.15) is 5.54 Å². The zero-order valence-electron chi connectivity index (χ0n) is 11.4. The predicted molar refractivity (Wildman–Crippen MR) is 80.1 cm³/mol. The molecule has 1 aliphatic rings. The molecule has 1 aromatic rings. The molecule has 1 saturated carbocycles. The van der Waals surface area contributed by atoms with E-state index in [4.69, 9.17) is 4.74 Å². The van der Waals surface area contributed by atoms with Crippen LogP contribution in [-0.4, -0.2) is 18.6 Å². The van der Waals surface area contributed by atoms with E-state index in [9.17, 15) is 4.79 Å². The molecular weight excluding hydrogens is 306 g/mol. The zero-order valence-corrected chi connectivity index (χ0v) is 13.0.